The van der Waals surface area contributed by atoms with Crippen molar-refractivity contribution in [3.63, 3.8) is 0 Å². The molecule has 1 fully saturated rings. The highest BCUT2D eigenvalue weighted by Gasteiger charge is 2.44. The lowest BCUT2D eigenvalue weighted by molar-refractivity contribution is -0.0161. The fourth-order valence-corrected chi connectivity index (χ4v) is 5.22. The minimum Gasteiger partial charge on any atom is -0.471 e. The maximum atomic E-state index is 6.74. The second-order valence-electron chi connectivity index (χ2n) is 10.2. The fraction of sp³-hybridized carbons (Fsp3) is 0.542. The monoisotopic (exact) mass is 469 g/mol. The van der Waals surface area contributed by atoms with Gasteiger partial charge in [0.1, 0.15) is 12.8 Å². The molecule has 3 heterocycles. The molecule has 33 heavy (non-hydrogen) atoms. The maximum absolute atomic E-state index is 6.74. The number of rotatable bonds is 7. The highest BCUT2D eigenvalue weighted by Crippen LogP contribution is 2.42. The molecule has 0 amide bonds. The van der Waals surface area contributed by atoms with Crippen LogP contribution in [0.4, 0.5) is 5.95 Å². The Balaban J connectivity index is 1.58. The van der Waals surface area contributed by atoms with Crippen LogP contribution in [0.1, 0.15) is 52.3 Å². The number of imidazole rings is 1. The highest BCUT2D eigenvalue weighted by molar-refractivity contribution is 6.74. The first-order valence-corrected chi connectivity index (χ1v) is 14.5. The maximum Gasteiger partial charge on any atom is 0.247 e. The van der Waals surface area contributed by atoms with Gasteiger partial charge in [0, 0.05) is 6.42 Å². The van der Waals surface area contributed by atoms with Gasteiger partial charge in [0.05, 0.1) is 18.5 Å². The first-order valence-electron chi connectivity index (χ1n) is 11.6. The van der Waals surface area contributed by atoms with Gasteiger partial charge in [-0.3, -0.25) is 4.57 Å². The van der Waals surface area contributed by atoms with Gasteiger partial charge in [-0.2, -0.15) is 9.97 Å². The van der Waals surface area contributed by atoms with Crippen LogP contribution in [0, 0.1) is 0 Å². The number of hydrogen-bond acceptors (Lipinski definition) is 7. The van der Waals surface area contributed by atoms with E-state index in [0.29, 0.717) is 23.7 Å². The molecule has 0 radical (unpaired) electrons. The van der Waals surface area contributed by atoms with E-state index in [-0.39, 0.29) is 29.4 Å². The minimum absolute atomic E-state index is 0.0227. The first-order chi connectivity index (χ1) is 15.6. The van der Waals surface area contributed by atoms with Gasteiger partial charge in [0.25, 0.3) is 0 Å². The molecule has 1 unspecified atom stereocenters. The van der Waals surface area contributed by atoms with Crippen molar-refractivity contribution in [3.05, 3.63) is 42.2 Å². The summed E-state index contributed by atoms with van der Waals surface area (Å²) in [6.07, 6.45) is 3.18. The molecule has 0 aliphatic carbocycles. The number of ether oxygens (including phenoxy) is 2. The Morgan fingerprint density at radius 3 is 2.58 bits per heavy atom. The molecule has 0 bridgehead atoms. The molecule has 0 saturated carbocycles. The second-order valence-corrected chi connectivity index (χ2v) is 14.9. The van der Waals surface area contributed by atoms with E-state index in [2.05, 4.69) is 55.7 Å². The summed E-state index contributed by atoms with van der Waals surface area (Å²) in [5.41, 5.74) is 8.25. The summed E-state index contributed by atoms with van der Waals surface area (Å²) in [7, 11) is -1.93. The molecular formula is C24H35N5O3Si. The lowest BCUT2D eigenvalue weighted by atomic mass is 10.1. The van der Waals surface area contributed by atoms with Crippen LogP contribution < -0.4 is 10.5 Å². The van der Waals surface area contributed by atoms with Gasteiger partial charge in [-0.15, -0.1) is 0 Å². The van der Waals surface area contributed by atoms with Crippen LogP contribution in [0.25, 0.3) is 11.2 Å². The molecule has 1 aliphatic rings. The number of nitrogens with zero attached hydrogens (tertiary/aromatic N) is 4. The van der Waals surface area contributed by atoms with Crippen LogP contribution in [0.15, 0.2) is 36.7 Å². The third-order valence-corrected chi connectivity index (χ3v) is 11.3. The highest BCUT2D eigenvalue weighted by atomic mass is 28.4. The molecule has 3 atom stereocenters. The molecule has 3 aromatic rings. The summed E-state index contributed by atoms with van der Waals surface area (Å²) >= 11 is 0. The summed E-state index contributed by atoms with van der Waals surface area (Å²) < 4.78 is 21.1. The van der Waals surface area contributed by atoms with Crippen molar-refractivity contribution < 1.29 is 13.9 Å². The van der Waals surface area contributed by atoms with E-state index in [9.17, 15) is 0 Å². The Bertz CT molecular complexity index is 1100. The Labute approximate surface area is 196 Å². The summed E-state index contributed by atoms with van der Waals surface area (Å²) in [6, 6.07) is 9.92. The Hall–Kier alpha value is -2.49. The van der Waals surface area contributed by atoms with Gasteiger partial charge in [0.15, 0.2) is 19.5 Å². The van der Waals surface area contributed by atoms with Crippen molar-refractivity contribution in [3.8, 4) is 5.88 Å². The van der Waals surface area contributed by atoms with Crippen molar-refractivity contribution >= 4 is 25.4 Å². The molecule has 178 valence electrons. The average Bonchev–Trinajstić information content (AvgIpc) is 3.35. The summed E-state index contributed by atoms with van der Waals surface area (Å²) in [5.74, 6) is 0.519. The second kappa shape index (κ2) is 9.04. The number of fused-ring (bicyclic) bond motifs is 1. The van der Waals surface area contributed by atoms with E-state index in [4.69, 9.17) is 19.6 Å². The minimum atomic E-state index is -1.93. The fourth-order valence-electron chi connectivity index (χ4n) is 3.86. The van der Waals surface area contributed by atoms with Crippen molar-refractivity contribution in [2.45, 2.75) is 83.7 Å². The molecule has 2 aromatic heterocycles. The van der Waals surface area contributed by atoms with Gasteiger partial charge in [-0.1, -0.05) is 58.0 Å². The SMILES string of the molecule is CC[C@H]1O[C@@H](n2cnc3c(OCc4ccccc4)nc(N)nc32)CC1O[Si](C)(C)C(C)(C)C. The number of nitrogens with two attached hydrogens (primary N) is 1. The summed E-state index contributed by atoms with van der Waals surface area (Å²) in [4.78, 5) is 13.3. The Morgan fingerprint density at radius 2 is 1.91 bits per heavy atom. The predicted octanol–water partition coefficient (Wildman–Crippen LogP) is 5.08. The molecule has 8 nitrogen and oxygen atoms in total. The molecule has 0 spiro atoms. The first kappa shape index (κ1) is 23.7. The van der Waals surface area contributed by atoms with E-state index in [0.717, 1.165) is 18.4 Å². The lowest BCUT2D eigenvalue weighted by Gasteiger charge is -2.39. The number of anilines is 1. The van der Waals surface area contributed by atoms with Crippen molar-refractivity contribution in [1.82, 2.24) is 19.5 Å². The molecule has 4 rings (SSSR count). The van der Waals surface area contributed by atoms with E-state index < -0.39 is 8.32 Å². The zero-order valence-corrected chi connectivity index (χ0v) is 21.4. The van der Waals surface area contributed by atoms with Gasteiger partial charge in [-0.25, -0.2) is 4.98 Å². The van der Waals surface area contributed by atoms with Crippen LogP contribution in [-0.2, 0) is 15.8 Å². The van der Waals surface area contributed by atoms with Gasteiger partial charge < -0.3 is 19.6 Å². The number of hydrogen-bond donors (Lipinski definition) is 1. The average molecular weight is 470 g/mol. The van der Waals surface area contributed by atoms with Crippen molar-refractivity contribution in [1.29, 1.82) is 0 Å². The van der Waals surface area contributed by atoms with E-state index in [1.54, 1.807) is 6.33 Å². The molecule has 9 heteroatoms. The molecular weight excluding hydrogens is 434 g/mol. The van der Waals surface area contributed by atoms with Crippen molar-refractivity contribution in [2.24, 2.45) is 0 Å². The quantitative estimate of drug-likeness (QED) is 0.482. The molecule has 1 aliphatic heterocycles. The third kappa shape index (κ3) is 4.90. The van der Waals surface area contributed by atoms with Gasteiger partial charge in [-0.05, 0) is 30.1 Å². The lowest BCUT2D eigenvalue weighted by Crippen LogP contribution is -2.45. The summed E-state index contributed by atoms with van der Waals surface area (Å²) in [6.45, 7) is 13.8. The summed E-state index contributed by atoms with van der Waals surface area (Å²) in [5, 5.41) is 0.137. The standard InChI is InChI=1S/C24H35N5O3Si/c1-7-17-18(32-33(5,6)24(2,3)4)13-19(31-17)29-15-26-20-21(29)27-23(25)28-22(20)30-14-16-11-9-8-10-12-16/h8-12,15,17-19H,7,13-14H2,1-6H3,(H2,25,27,28)/t17-,18?,19-/m1/s1. The predicted molar refractivity (Wildman–Crippen MR) is 131 cm³/mol. The van der Waals surface area contributed by atoms with Crippen LogP contribution in [0.2, 0.25) is 18.1 Å². The van der Waals surface area contributed by atoms with Crippen LogP contribution in [-0.4, -0.2) is 40.0 Å². The smallest absolute Gasteiger partial charge is 0.247 e. The van der Waals surface area contributed by atoms with Gasteiger partial charge >= 0.3 is 0 Å². The van der Waals surface area contributed by atoms with Crippen LogP contribution >= 0.6 is 0 Å². The zero-order chi connectivity index (χ0) is 23.8. The third-order valence-electron chi connectivity index (χ3n) is 6.77. The number of benzene rings is 1. The zero-order valence-electron chi connectivity index (χ0n) is 20.4. The molecule has 1 aromatic carbocycles. The van der Waals surface area contributed by atoms with Crippen molar-refractivity contribution in [2.75, 3.05) is 5.73 Å². The Kier molecular flexibility index (Phi) is 6.48. The van der Waals surface area contributed by atoms with E-state index >= 15 is 0 Å². The van der Waals surface area contributed by atoms with E-state index in [1.165, 1.54) is 0 Å². The topological polar surface area (TPSA) is 97.3 Å². The van der Waals surface area contributed by atoms with Crippen LogP contribution in [0.5, 0.6) is 5.88 Å². The molecule has 2 N–H and O–H groups in total. The van der Waals surface area contributed by atoms with Gasteiger partial charge in [0.2, 0.25) is 11.8 Å². The number of aromatic nitrogens is 4. The number of nitrogen functional groups attached to an aromatic ring is 1. The van der Waals surface area contributed by atoms with Crippen LogP contribution in [0.3, 0.4) is 0 Å². The molecule has 1 saturated heterocycles. The Morgan fingerprint density at radius 1 is 1.18 bits per heavy atom. The van der Waals surface area contributed by atoms with E-state index in [1.807, 2.05) is 34.9 Å². The largest absolute Gasteiger partial charge is 0.471 e. The normalized spacial score (nSPS) is 21.6.